The Bertz CT molecular complexity index is 204. The molecule has 0 aromatic heterocycles. The molecule has 0 aromatic carbocycles. The minimum Gasteiger partial charge on any atom is -0.380 e. The minimum atomic E-state index is 0.834. The van der Waals surface area contributed by atoms with E-state index in [4.69, 9.17) is 4.74 Å². The quantitative estimate of drug-likeness (QED) is 0.505. The van der Waals surface area contributed by atoms with Crippen molar-refractivity contribution in [2.45, 2.75) is 20.8 Å². The minimum absolute atomic E-state index is 0.834. The molecule has 0 unspecified atom stereocenters. The molecule has 0 spiro atoms. The Morgan fingerprint density at radius 2 is 1.75 bits per heavy atom. The lowest BCUT2D eigenvalue weighted by atomic mass is 10.2. The van der Waals surface area contributed by atoms with E-state index in [1.807, 2.05) is 0 Å². The van der Waals surface area contributed by atoms with Crippen LogP contribution in [0.5, 0.6) is 0 Å². The highest BCUT2D eigenvalue weighted by molar-refractivity contribution is 4.95. The third-order valence-corrected chi connectivity index (χ3v) is 2.98. The fourth-order valence-corrected chi connectivity index (χ4v) is 1.85. The molecule has 0 aliphatic carbocycles. The summed E-state index contributed by atoms with van der Waals surface area (Å²) in [7, 11) is 0. The highest BCUT2D eigenvalue weighted by atomic mass is 16.5. The fraction of sp³-hybridized carbons (Fsp3) is 0.846. The molecular formula is C13H26N2O. The summed E-state index contributed by atoms with van der Waals surface area (Å²) in [6.07, 6.45) is 2.32. The summed E-state index contributed by atoms with van der Waals surface area (Å²) >= 11 is 0. The van der Waals surface area contributed by atoms with E-state index in [1.165, 1.54) is 31.8 Å². The van der Waals surface area contributed by atoms with Crippen LogP contribution in [-0.2, 0) is 4.74 Å². The number of rotatable bonds is 6. The summed E-state index contributed by atoms with van der Waals surface area (Å²) in [6, 6.07) is 0. The van der Waals surface area contributed by atoms with E-state index in [0.717, 1.165) is 26.3 Å². The van der Waals surface area contributed by atoms with Gasteiger partial charge in [-0.3, -0.25) is 9.80 Å². The van der Waals surface area contributed by atoms with E-state index in [-0.39, 0.29) is 0 Å². The van der Waals surface area contributed by atoms with Crippen LogP contribution in [0.25, 0.3) is 0 Å². The molecule has 1 aliphatic rings. The topological polar surface area (TPSA) is 15.7 Å². The normalized spacial score (nSPS) is 18.7. The molecule has 3 heteroatoms. The Balaban J connectivity index is 2.11. The lowest BCUT2D eigenvalue weighted by molar-refractivity contribution is 0.0844. The maximum absolute atomic E-state index is 5.38. The molecule has 0 N–H and O–H groups in total. The molecule has 1 saturated heterocycles. The lowest BCUT2D eigenvalue weighted by Crippen LogP contribution is -2.47. The predicted octanol–water partition coefficient (Wildman–Crippen LogP) is 1.61. The second kappa shape index (κ2) is 7.82. The van der Waals surface area contributed by atoms with Crippen LogP contribution in [-0.4, -0.2) is 62.3 Å². The third kappa shape index (κ3) is 5.64. The van der Waals surface area contributed by atoms with E-state index in [1.54, 1.807) is 0 Å². The second-order valence-corrected chi connectivity index (χ2v) is 4.62. The van der Waals surface area contributed by atoms with Gasteiger partial charge in [0, 0.05) is 45.9 Å². The van der Waals surface area contributed by atoms with Gasteiger partial charge in [0.25, 0.3) is 0 Å². The van der Waals surface area contributed by atoms with Gasteiger partial charge < -0.3 is 4.74 Å². The maximum atomic E-state index is 5.38. The number of piperazine rings is 1. The molecule has 0 saturated carbocycles. The standard InChI is InChI=1S/C13H26N2O/c1-4-16-12-11-15-9-7-14(8-10-15)6-5-13(2)3/h5H,4,6-12H2,1-3H3. The number of hydrogen-bond acceptors (Lipinski definition) is 3. The van der Waals surface area contributed by atoms with Crippen molar-refractivity contribution in [2.24, 2.45) is 0 Å². The summed E-state index contributed by atoms with van der Waals surface area (Å²) in [4.78, 5) is 5.01. The zero-order chi connectivity index (χ0) is 11.8. The van der Waals surface area contributed by atoms with Crippen molar-refractivity contribution >= 4 is 0 Å². The summed E-state index contributed by atoms with van der Waals surface area (Å²) in [6.45, 7) is 15.0. The first-order valence-electron chi connectivity index (χ1n) is 6.38. The smallest absolute Gasteiger partial charge is 0.0593 e. The average Bonchev–Trinajstić information content (AvgIpc) is 2.28. The average molecular weight is 226 g/mol. The van der Waals surface area contributed by atoms with Crippen molar-refractivity contribution in [3.63, 3.8) is 0 Å². The monoisotopic (exact) mass is 226 g/mol. The maximum Gasteiger partial charge on any atom is 0.0593 e. The van der Waals surface area contributed by atoms with Crippen LogP contribution in [0.3, 0.4) is 0 Å². The van der Waals surface area contributed by atoms with E-state index < -0.39 is 0 Å². The van der Waals surface area contributed by atoms with Crippen molar-refractivity contribution in [3.05, 3.63) is 11.6 Å². The molecule has 1 heterocycles. The van der Waals surface area contributed by atoms with E-state index >= 15 is 0 Å². The van der Waals surface area contributed by atoms with Crippen molar-refractivity contribution in [1.82, 2.24) is 9.80 Å². The Labute approximate surface area is 100 Å². The van der Waals surface area contributed by atoms with Gasteiger partial charge in [-0.25, -0.2) is 0 Å². The highest BCUT2D eigenvalue weighted by Crippen LogP contribution is 2.02. The van der Waals surface area contributed by atoms with Crippen LogP contribution in [0, 0.1) is 0 Å². The van der Waals surface area contributed by atoms with Gasteiger partial charge in [0.1, 0.15) is 0 Å². The number of hydrogen-bond donors (Lipinski definition) is 0. The van der Waals surface area contributed by atoms with Crippen molar-refractivity contribution in [3.8, 4) is 0 Å². The molecule has 1 fully saturated rings. The molecule has 1 rings (SSSR count). The summed E-state index contributed by atoms with van der Waals surface area (Å²) in [5, 5.41) is 0. The van der Waals surface area contributed by atoms with Crippen LogP contribution in [0.15, 0.2) is 11.6 Å². The summed E-state index contributed by atoms with van der Waals surface area (Å²) in [5.74, 6) is 0. The molecule has 3 nitrogen and oxygen atoms in total. The van der Waals surface area contributed by atoms with Gasteiger partial charge in [-0.2, -0.15) is 0 Å². The first-order valence-corrected chi connectivity index (χ1v) is 6.38. The lowest BCUT2D eigenvalue weighted by Gasteiger charge is -2.34. The molecule has 0 amide bonds. The first kappa shape index (κ1) is 13.7. The van der Waals surface area contributed by atoms with Gasteiger partial charge in [0.15, 0.2) is 0 Å². The molecule has 94 valence electrons. The van der Waals surface area contributed by atoms with Crippen LogP contribution in [0.4, 0.5) is 0 Å². The van der Waals surface area contributed by atoms with E-state index in [2.05, 4.69) is 36.6 Å². The van der Waals surface area contributed by atoms with Gasteiger partial charge in [-0.1, -0.05) is 11.6 Å². The van der Waals surface area contributed by atoms with Crippen molar-refractivity contribution in [1.29, 1.82) is 0 Å². The zero-order valence-corrected chi connectivity index (χ0v) is 11.0. The van der Waals surface area contributed by atoms with Gasteiger partial charge in [0.05, 0.1) is 6.61 Å². The van der Waals surface area contributed by atoms with Crippen LogP contribution < -0.4 is 0 Å². The fourth-order valence-electron chi connectivity index (χ4n) is 1.85. The highest BCUT2D eigenvalue weighted by Gasteiger charge is 2.14. The summed E-state index contributed by atoms with van der Waals surface area (Å²) < 4.78 is 5.38. The largest absolute Gasteiger partial charge is 0.380 e. The van der Waals surface area contributed by atoms with Gasteiger partial charge in [-0.05, 0) is 20.8 Å². The molecule has 0 atom stereocenters. The number of ether oxygens (including phenoxy) is 1. The van der Waals surface area contributed by atoms with Crippen molar-refractivity contribution in [2.75, 3.05) is 52.5 Å². The first-order chi connectivity index (χ1) is 7.72. The third-order valence-electron chi connectivity index (χ3n) is 2.98. The molecule has 16 heavy (non-hydrogen) atoms. The van der Waals surface area contributed by atoms with Gasteiger partial charge in [-0.15, -0.1) is 0 Å². The van der Waals surface area contributed by atoms with Gasteiger partial charge >= 0.3 is 0 Å². The predicted molar refractivity (Wildman–Crippen MR) is 68.8 cm³/mol. The van der Waals surface area contributed by atoms with Crippen LogP contribution >= 0.6 is 0 Å². The molecular weight excluding hydrogens is 200 g/mol. The van der Waals surface area contributed by atoms with Crippen molar-refractivity contribution < 1.29 is 4.74 Å². The number of allylic oxidation sites excluding steroid dienone is 1. The Morgan fingerprint density at radius 1 is 1.12 bits per heavy atom. The van der Waals surface area contributed by atoms with E-state index in [0.29, 0.717) is 0 Å². The van der Waals surface area contributed by atoms with Crippen LogP contribution in [0.2, 0.25) is 0 Å². The molecule has 0 bridgehead atoms. The summed E-state index contributed by atoms with van der Waals surface area (Å²) in [5.41, 5.74) is 1.42. The zero-order valence-electron chi connectivity index (χ0n) is 11.0. The Kier molecular flexibility index (Phi) is 6.69. The Hall–Kier alpha value is -0.380. The van der Waals surface area contributed by atoms with E-state index in [9.17, 15) is 0 Å². The molecule has 1 aliphatic heterocycles. The van der Waals surface area contributed by atoms with Crippen LogP contribution in [0.1, 0.15) is 20.8 Å². The SMILES string of the molecule is CCOCCN1CCN(CC=C(C)C)CC1. The van der Waals surface area contributed by atoms with Gasteiger partial charge in [0.2, 0.25) is 0 Å². The molecule has 0 aromatic rings. The number of nitrogens with zero attached hydrogens (tertiary/aromatic N) is 2. The Morgan fingerprint density at radius 3 is 2.31 bits per heavy atom. The molecule has 0 radical (unpaired) electrons. The second-order valence-electron chi connectivity index (χ2n) is 4.62.